The number of aliphatic carboxylic acids is 1. The highest BCUT2D eigenvalue weighted by Gasteiger charge is 2.24. The Kier molecular flexibility index (Phi) is 5.58. The molecule has 2 aromatic rings. The molecular formula is C17H16N2O4S. The van der Waals surface area contributed by atoms with Crippen molar-refractivity contribution in [2.75, 3.05) is 4.72 Å². The zero-order valence-corrected chi connectivity index (χ0v) is 13.5. The molecule has 24 heavy (non-hydrogen) atoms. The van der Waals surface area contributed by atoms with Crippen molar-refractivity contribution in [1.29, 1.82) is 0 Å². The quantitative estimate of drug-likeness (QED) is 0.665. The first kappa shape index (κ1) is 17.5. The first-order valence-electron chi connectivity index (χ1n) is 7.03. The molecule has 0 radical (unpaired) electrons. The van der Waals surface area contributed by atoms with Gasteiger partial charge in [0.15, 0.2) is 0 Å². The molecule has 3 N–H and O–H groups in total. The molecule has 0 saturated heterocycles. The number of hydrogen-bond acceptors (Lipinski definition) is 3. The minimum Gasteiger partial charge on any atom is -0.480 e. The summed E-state index contributed by atoms with van der Waals surface area (Å²) < 4.78 is 28.7. The number of anilines is 1. The molecule has 0 aromatic heterocycles. The van der Waals surface area contributed by atoms with Crippen LogP contribution in [0, 0.1) is 12.3 Å². The standard InChI is InChI=1S/C17H16N2O4S/c1-2-13-8-10-15(11-9-13)18-24(22,23)19-16(17(20)21)12-14-6-4-3-5-7-14/h1,3-11,16,18-19H,12H2,(H,20,21). The second-order valence-corrected chi connectivity index (χ2v) is 6.47. The predicted molar refractivity (Wildman–Crippen MR) is 91.6 cm³/mol. The van der Waals surface area contributed by atoms with Gasteiger partial charge in [-0.05, 0) is 36.2 Å². The number of benzene rings is 2. The Morgan fingerprint density at radius 1 is 1.12 bits per heavy atom. The van der Waals surface area contributed by atoms with Crippen molar-refractivity contribution in [3.8, 4) is 12.3 Å². The van der Waals surface area contributed by atoms with Crippen LogP contribution in [0.5, 0.6) is 0 Å². The molecule has 0 aliphatic heterocycles. The lowest BCUT2D eigenvalue weighted by Gasteiger charge is -2.16. The van der Waals surface area contributed by atoms with Gasteiger partial charge in [0.1, 0.15) is 6.04 Å². The summed E-state index contributed by atoms with van der Waals surface area (Å²) in [5, 5.41) is 9.26. The molecule has 0 saturated carbocycles. The van der Waals surface area contributed by atoms with Gasteiger partial charge in [0.05, 0.1) is 0 Å². The van der Waals surface area contributed by atoms with Crippen molar-refractivity contribution in [2.45, 2.75) is 12.5 Å². The van der Waals surface area contributed by atoms with Crippen LogP contribution < -0.4 is 9.44 Å². The molecule has 1 atom stereocenters. The van der Waals surface area contributed by atoms with Crippen LogP contribution >= 0.6 is 0 Å². The average molecular weight is 344 g/mol. The Morgan fingerprint density at radius 2 is 1.75 bits per heavy atom. The SMILES string of the molecule is C#Cc1ccc(NS(=O)(=O)NC(Cc2ccccc2)C(=O)O)cc1. The lowest BCUT2D eigenvalue weighted by Crippen LogP contribution is -2.44. The van der Waals surface area contributed by atoms with Gasteiger partial charge < -0.3 is 5.11 Å². The summed E-state index contributed by atoms with van der Waals surface area (Å²) in [7, 11) is -4.05. The van der Waals surface area contributed by atoms with Crippen LogP contribution in [0.15, 0.2) is 54.6 Å². The van der Waals surface area contributed by atoms with Gasteiger partial charge >= 0.3 is 5.97 Å². The van der Waals surface area contributed by atoms with Gasteiger partial charge in [-0.15, -0.1) is 6.42 Å². The van der Waals surface area contributed by atoms with E-state index in [1.54, 1.807) is 42.5 Å². The Bertz CT molecular complexity index is 840. The molecule has 6 nitrogen and oxygen atoms in total. The van der Waals surface area contributed by atoms with Gasteiger partial charge in [0, 0.05) is 11.3 Å². The summed E-state index contributed by atoms with van der Waals surface area (Å²) in [5.74, 6) is 1.16. The third kappa shape index (κ3) is 5.12. The second-order valence-electron chi connectivity index (χ2n) is 5.03. The molecule has 0 fully saturated rings. The monoisotopic (exact) mass is 344 g/mol. The van der Waals surface area contributed by atoms with E-state index in [2.05, 4.69) is 15.4 Å². The maximum atomic E-state index is 12.1. The van der Waals surface area contributed by atoms with Crippen LogP contribution in [-0.4, -0.2) is 25.5 Å². The van der Waals surface area contributed by atoms with Crippen LogP contribution in [0.25, 0.3) is 0 Å². The molecule has 0 aliphatic carbocycles. The number of nitrogens with one attached hydrogen (secondary N) is 2. The fourth-order valence-corrected chi connectivity index (χ4v) is 3.10. The molecule has 0 heterocycles. The van der Waals surface area contributed by atoms with E-state index in [0.717, 1.165) is 0 Å². The minimum atomic E-state index is -4.05. The molecule has 2 rings (SSSR count). The van der Waals surface area contributed by atoms with Gasteiger partial charge in [0.2, 0.25) is 0 Å². The molecule has 0 aliphatic rings. The summed E-state index contributed by atoms with van der Waals surface area (Å²) in [6, 6.07) is 13.7. The Hall–Kier alpha value is -2.82. The van der Waals surface area contributed by atoms with Crippen molar-refractivity contribution < 1.29 is 18.3 Å². The maximum absolute atomic E-state index is 12.1. The fraction of sp³-hybridized carbons (Fsp3) is 0.118. The summed E-state index contributed by atoms with van der Waals surface area (Å²) in [6.45, 7) is 0. The van der Waals surface area contributed by atoms with E-state index in [9.17, 15) is 18.3 Å². The van der Waals surface area contributed by atoms with E-state index in [4.69, 9.17) is 6.42 Å². The predicted octanol–water partition coefficient (Wildman–Crippen LogP) is 1.61. The summed E-state index contributed by atoms with van der Waals surface area (Å²) >= 11 is 0. The van der Waals surface area contributed by atoms with Crippen molar-refractivity contribution in [1.82, 2.24) is 4.72 Å². The molecule has 2 aromatic carbocycles. The third-order valence-corrected chi connectivity index (χ3v) is 4.28. The number of terminal acetylenes is 1. The molecule has 0 amide bonds. The zero-order chi connectivity index (χ0) is 17.6. The van der Waals surface area contributed by atoms with Crippen molar-refractivity contribution in [3.05, 3.63) is 65.7 Å². The highest BCUT2D eigenvalue weighted by Crippen LogP contribution is 2.11. The third-order valence-electron chi connectivity index (χ3n) is 3.18. The van der Waals surface area contributed by atoms with Crippen molar-refractivity contribution in [3.63, 3.8) is 0 Å². The fourth-order valence-electron chi connectivity index (χ4n) is 2.04. The molecule has 1 unspecified atom stereocenters. The summed E-state index contributed by atoms with van der Waals surface area (Å²) in [4.78, 5) is 11.3. The van der Waals surface area contributed by atoms with Gasteiger partial charge in [-0.25, -0.2) is 0 Å². The van der Waals surface area contributed by atoms with Crippen LogP contribution in [0.4, 0.5) is 5.69 Å². The van der Waals surface area contributed by atoms with Crippen molar-refractivity contribution >= 4 is 21.9 Å². The minimum absolute atomic E-state index is 0.0348. The zero-order valence-electron chi connectivity index (χ0n) is 12.6. The number of carboxylic acid groups (broad SMARTS) is 1. The Balaban J connectivity index is 2.09. The summed E-state index contributed by atoms with van der Waals surface area (Å²) in [6.07, 6.45) is 5.27. The van der Waals surface area contributed by atoms with Gasteiger partial charge in [-0.1, -0.05) is 36.3 Å². The largest absolute Gasteiger partial charge is 0.480 e. The molecule has 0 spiro atoms. The average Bonchev–Trinajstić information content (AvgIpc) is 2.55. The van der Waals surface area contributed by atoms with Crippen molar-refractivity contribution in [2.24, 2.45) is 0 Å². The Labute approximate surface area is 140 Å². The summed E-state index contributed by atoms with van der Waals surface area (Å²) in [5.41, 5.74) is 1.61. The van der Waals surface area contributed by atoms with Gasteiger partial charge in [0.25, 0.3) is 10.2 Å². The van der Waals surface area contributed by atoms with E-state index in [1.165, 1.54) is 12.1 Å². The maximum Gasteiger partial charge on any atom is 0.322 e. The molecule has 7 heteroatoms. The molecule has 124 valence electrons. The van der Waals surface area contributed by atoms with E-state index in [1.807, 2.05) is 0 Å². The van der Waals surface area contributed by atoms with Gasteiger partial charge in [-0.2, -0.15) is 13.1 Å². The van der Waals surface area contributed by atoms with Crippen LogP contribution in [0.2, 0.25) is 0 Å². The van der Waals surface area contributed by atoms with Crippen LogP contribution in [0.1, 0.15) is 11.1 Å². The van der Waals surface area contributed by atoms with E-state index < -0.39 is 22.2 Å². The number of carboxylic acids is 1. The highest BCUT2D eigenvalue weighted by molar-refractivity contribution is 7.90. The number of carbonyl (C=O) groups is 1. The highest BCUT2D eigenvalue weighted by atomic mass is 32.2. The molecule has 0 bridgehead atoms. The lowest BCUT2D eigenvalue weighted by atomic mass is 10.1. The van der Waals surface area contributed by atoms with E-state index >= 15 is 0 Å². The first-order chi connectivity index (χ1) is 11.4. The number of hydrogen-bond donors (Lipinski definition) is 3. The van der Waals surface area contributed by atoms with Crippen LogP contribution in [0.3, 0.4) is 0 Å². The number of rotatable bonds is 7. The topological polar surface area (TPSA) is 95.5 Å². The van der Waals surface area contributed by atoms with Gasteiger partial charge in [-0.3, -0.25) is 9.52 Å². The van der Waals surface area contributed by atoms with E-state index in [0.29, 0.717) is 11.1 Å². The second kappa shape index (κ2) is 7.64. The van der Waals surface area contributed by atoms with Crippen LogP contribution in [-0.2, 0) is 21.4 Å². The van der Waals surface area contributed by atoms with E-state index in [-0.39, 0.29) is 12.1 Å². The lowest BCUT2D eigenvalue weighted by molar-refractivity contribution is -0.138. The normalized spacial score (nSPS) is 12.1. The smallest absolute Gasteiger partial charge is 0.322 e. The Morgan fingerprint density at radius 3 is 2.29 bits per heavy atom. The first-order valence-corrected chi connectivity index (χ1v) is 8.51. The molecular weight excluding hydrogens is 328 g/mol.